The molecule has 1 aliphatic carbocycles. The summed E-state index contributed by atoms with van der Waals surface area (Å²) in [5.74, 6) is 0. The molecule has 4 heteroatoms. The van der Waals surface area contributed by atoms with Crippen LogP contribution in [0.2, 0.25) is 0 Å². The Bertz CT molecular complexity index is 535. The van der Waals surface area contributed by atoms with Gasteiger partial charge in [-0.1, -0.05) is 37.5 Å². The van der Waals surface area contributed by atoms with Crippen molar-refractivity contribution in [2.45, 2.75) is 44.1 Å². The van der Waals surface area contributed by atoms with Gasteiger partial charge in [0.25, 0.3) is 0 Å². The molecule has 0 aliphatic heterocycles. The van der Waals surface area contributed by atoms with Gasteiger partial charge in [0.2, 0.25) is 12.2 Å². The van der Waals surface area contributed by atoms with Gasteiger partial charge < -0.3 is 0 Å². The van der Waals surface area contributed by atoms with Crippen molar-refractivity contribution in [3.8, 4) is 0 Å². The summed E-state index contributed by atoms with van der Waals surface area (Å²) in [7, 11) is 0. The summed E-state index contributed by atoms with van der Waals surface area (Å²) < 4.78 is 0. The van der Waals surface area contributed by atoms with Gasteiger partial charge in [-0.2, -0.15) is 9.98 Å². The van der Waals surface area contributed by atoms with Crippen LogP contribution in [-0.4, -0.2) is 17.7 Å². The van der Waals surface area contributed by atoms with Gasteiger partial charge in [0.05, 0.1) is 11.2 Å². The van der Waals surface area contributed by atoms with Crippen LogP contribution in [0.5, 0.6) is 0 Å². The van der Waals surface area contributed by atoms with E-state index in [9.17, 15) is 9.59 Å². The first kappa shape index (κ1) is 13.4. The Labute approximate surface area is 112 Å². The van der Waals surface area contributed by atoms with Crippen molar-refractivity contribution in [2.24, 2.45) is 9.98 Å². The predicted octanol–water partition coefficient (Wildman–Crippen LogP) is 3.24. The monoisotopic (exact) mass is 256 g/mol. The first-order chi connectivity index (χ1) is 9.29. The highest BCUT2D eigenvalue weighted by Gasteiger charge is 2.32. The topological polar surface area (TPSA) is 58.9 Å². The van der Waals surface area contributed by atoms with E-state index in [2.05, 4.69) is 9.98 Å². The molecule has 1 aliphatic rings. The zero-order chi connectivity index (χ0) is 13.6. The average molecular weight is 256 g/mol. The molecule has 1 aromatic rings. The molecular formula is C15H16N2O2. The van der Waals surface area contributed by atoms with Gasteiger partial charge >= 0.3 is 0 Å². The number of aliphatic imine (C=N–C) groups is 2. The first-order valence-electron chi connectivity index (χ1n) is 6.54. The van der Waals surface area contributed by atoms with Crippen LogP contribution in [0.1, 0.15) is 37.7 Å². The molecule has 0 N–H and O–H groups in total. The lowest BCUT2D eigenvalue weighted by atomic mass is 9.78. The molecule has 0 bridgehead atoms. The van der Waals surface area contributed by atoms with E-state index >= 15 is 0 Å². The van der Waals surface area contributed by atoms with Crippen molar-refractivity contribution >= 4 is 17.8 Å². The summed E-state index contributed by atoms with van der Waals surface area (Å²) in [6.07, 6.45) is 9.03. The van der Waals surface area contributed by atoms with Gasteiger partial charge in [0, 0.05) is 6.42 Å². The first-order valence-corrected chi connectivity index (χ1v) is 6.54. The van der Waals surface area contributed by atoms with Crippen LogP contribution in [-0.2, 0) is 16.0 Å². The molecule has 1 fully saturated rings. The minimum Gasteiger partial charge on any atom is -0.211 e. The number of nitrogens with zero attached hydrogens (tertiary/aromatic N) is 2. The van der Waals surface area contributed by atoms with Crippen molar-refractivity contribution in [1.29, 1.82) is 0 Å². The summed E-state index contributed by atoms with van der Waals surface area (Å²) in [5.41, 5.74) is 1.18. The Morgan fingerprint density at radius 1 is 1.05 bits per heavy atom. The minimum atomic E-state index is -0.367. The van der Waals surface area contributed by atoms with E-state index in [4.69, 9.17) is 0 Å². The van der Waals surface area contributed by atoms with Gasteiger partial charge in [-0.25, -0.2) is 9.59 Å². The summed E-state index contributed by atoms with van der Waals surface area (Å²) in [5, 5.41) is 0. The molecule has 0 unspecified atom stereocenters. The van der Waals surface area contributed by atoms with E-state index in [0.717, 1.165) is 31.2 Å². The van der Waals surface area contributed by atoms with E-state index in [-0.39, 0.29) is 5.54 Å². The van der Waals surface area contributed by atoms with Crippen LogP contribution in [0.15, 0.2) is 34.3 Å². The largest absolute Gasteiger partial charge is 0.240 e. The van der Waals surface area contributed by atoms with Crippen LogP contribution in [0.3, 0.4) is 0 Å². The molecule has 19 heavy (non-hydrogen) atoms. The molecule has 0 saturated heterocycles. The SMILES string of the molecule is O=C=Nc1ccccc1CC1(N=C=O)CCCCC1. The number of hydrogen-bond donors (Lipinski definition) is 0. The van der Waals surface area contributed by atoms with Crippen LogP contribution in [0.4, 0.5) is 5.69 Å². The van der Waals surface area contributed by atoms with Crippen molar-refractivity contribution in [1.82, 2.24) is 0 Å². The van der Waals surface area contributed by atoms with Gasteiger partial charge in [0.1, 0.15) is 0 Å². The van der Waals surface area contributed by atoms with Crippen molar-refractivity contribution in [3.63, 3.8) is 0 Å². The molecule has 0 atom stereocenters. The van der Waals surface area contributed by atoms with E-state index in [0.29, 0.717) is 12.1 Å². The molecule has 4 nitrogen and oxygen atoms in total. The number of para-hydroxylation sites is 1. The molecule has 0 heterocycles. The lowest BCUT2D eigenvalue weighted by molar-refractivity contribution is 0.296. The Morgan fingerprint density at radius 3 is 2.47 bits per heavy atom. The number of hydrogen-bond acceptors (Lipinski definition) is 4. The number of isocyanates is 2. The standard InChI is InChI=1S/C15H16N2O2/c18-11-16-14-7-3-2-6-13(14)10-15(17-12-19)8-4-1-5-9-15/h2-3,6-7H,1,4-5,8-10H2. The summed E-state index contributed by atoms with van der Waals surface area (Å²) in [6.45, 7) is 0. The fourth-order valence-corrected chi connectivity index (χ4v) is 2.81. The average Bonchev–Trinajstić information content (AvgIpc) is 2.43. The van der Waals surface area contributed by atoms with Crippen LogP contribution in [0, 0.1) is 0 Å². The number of carbonyl (C=O) groups excluding carboxylic acids is 2. The van der Waals surface area contributed by atoms with E-state index in [1.54, 1.807) is 18.2 Å². The third kappa shape index (κ3) is 3.25. The molecule has 0 spiro atoms. The maximum Gasteiger partial charge on any atom is 0.240 e. The smallest absolute Gasteiger partial charge is 0.211 e. The quantitative estimate of drug-likeness (QED) is 0.613. The Morgan fingerprint density at radius 2 is 1.79 bits per heavy atom. The molecule has 0 radical (unpaired) electrons. The predicted molar refractivity (Wildman–Crippen MR) is 71.9 cm³/mol. The second-order valence-electron chi connectivity index (χ2n) is 5.00. The van der Waals surface area contributed by atoms with E-state index < -0.39 is 0 Å². The Balaban J connectivity index is 2.31. The second-order valence-corrected chi connectivity index (χ2v) is 5.00. The Hall–Kier alpha value is -2.02. The van der Waals surface area contributed by atoms with E-state index in [1.165, 1.54) is 6.42 Å². The molecule has 98 valence electrons. The second kappa shape index (κ2) is 6.24. The van der Waals surface area contributed by atoms with Gasteiger partial charge in [0.15, 0.2) is 0 Å². The molecular weight excluding hydrogens is 240 g/mol. The highest BCUT2D eigenvalue weighted by Crippen LogP contribution is 2.36. The number of benzene rings is 1. The maximum absolute atomic E-state index is 10.7. The third-order valence-corrected chi connectivity index (χ3v) is 3.74. The van der Waals surface area contributed by atoms with E-state index in [1.807, 2.05) is 18.2 Å². The zero-order valence-corrected chi connectivity index (χ0v) is 10.8. The molecule has 0 amide bonds. The summed E-state index contributed by atoms with van der Waals surface area (Å²) >= 11 is 0. The number of rotatable bonds is 4. The zero-order valence-electron chi connectivity index (χ0n) is 10.8. The fraction of sp³-hybridized carbons (Fsp3) is 0.467. The lowest BCUT2D eigenvalue weighted by Crippen LogP contribution is -2.32. The lowest BCUT2D eigenvalue weighted by Gasteiger charge is -2.32. The normalized spacial score (nSPS) is 17.1. The Kier molecular flexibility index (Phi) is 4.40. The summed E-state index contributed by atoms with van der Waals surface area (Å²) in [4.78, 5) is 28.9. The van der Waals surface area contributed by atoms with Gasteiger partial charge in [-0.3, -0.25) is 0 Å². The van der Waals surface area contributed by atoms with Crippen molar-refractivity contribution < 1.29 is 9.59 Å². The van der Waals surface area contributed by atoms with Gasteiger partial charge in [-0.05, 0) is 24.5 Å². The molecule has 1 aromatic carbocycles. The van der Waals surface area contributed by atoms with Crippen LogP contribution >= 0.6 is 0 Å². The highest BCUT2D eigenvalue weighted by molar-refractivity contribution is 5.54. The fourth-order valence-electron chi connectivity index (χ4n) is 2.81. The van der Waals surface area contributed by atoms with Crippen molar-refractivity contribution in [2.75, 3.05) is 0 Å². The minimum absolute atomic E-state index is 0.367. The molecule has 2 rings (SSSR count). The van der Waals surface area contributed by atoms with Crippen LogP contribution in [0.25, 0.3) is 0 Å². The highest BCUT2D eigenvalue weighted by atomic mass is 16.1. The van der Waals surface area contributed by atoms with Crippen molar-refractivity contribution in [3.05, 3.63) is 29.8 Å². The van der Waals surface area contributed by atoms with Crippen LogP contribution < -0.4 is 0 Å². The summed E-state index contributed by atoms with van der Waals surface area (Å²) in [6, 6.07) is 7.44. The third-order valence-electron chi connectivity index (χ3n) is 3.74. The maximum atomic E-state index is 10.7. The molecule has 0 aromatic heterocycles. The van der Waals surface area contributed by atoms with Gasteiger partial charge in [-0.15, -0.1) is 0 Å². The molecule has 1 saturated carbocycles.